The van der Waals surface area contributed by atoms with E-state index in [4.69, 9.17) is 19.7 Å². The predicted octanol–water partition coefficient (Wildman–Crippen LogP) is -1.09. The number of hydrogen-bond acceptors (Lipinski definition) is 12. The highest BCUT2D eigenvalue weighted by atomic mass is 16.7. The molecule has 2 rings (SSSR count). The number of rotatable bonds is 17. The monoisotopic (exact) mass is 527 g/mol. The van der Waals surface area contributed by atoms with Gasteiger partial charge in [0.05, 0.1) is 31.6 Å². The zero-order valence-corrected chi connectivity index (χ0v) is 20.9. The fraction of sp³-hybridized carbons (Fsp3) is 0.696. The molecule has 6 N–H and O–H groups in total. The molecule has 0 spiro atoms. The van der Waals surface area contributed by atoms with E-state index in [1.807, 2.05) is 6.92 Å². The Labute approximate surface area is 215 Å². The molecule has 14 nitrogen and oxygen atoms in total. The number of imide groups is 1. The summed E-state index contributed by atoms with van der Waals surface area (Å²) in [4.78, 5) is 35.7. The number of carbonyl (C=O) groups is 3. The molecule has 5 atom stereocenters. The molecule has 0 aromatic rings. The molecule has 1 saturated heterocycles. The molecule has 0 aromatic heterocycles. The van der Waals surface area contributed by atoms with Gasteiger partial charge in [0.15, 0.2) is 6.29 Å². The molecule has 2 heterocycles. The zero-order valence-electron chi connectivity index (χ0n) is 20.9. The number of ether oxygens (including phenoxy) is 3. The highest BCUT2D eigenvalue weighted by Crippen LogP contribution is 2.25. The van der Waals surface area contributed by atoms with Crippen molar-refractivity contribution in [3.8, 4) is 0 Å². The maximum absolute atomic E-state index is 11.8. The first-order valence-corrected chi connectivity index (χ1v) is 12.3. The first-order valence-electron chi connectivity index (χ1n) is 12.3. The topological polar surface area (TPSA) is 203 Å². The molecule has 0 radical (unpaired) electrons. The van der Waals surface area contributed by atoms with Gasteiger partial charge >= 0.3 is 0 Å². The molecule has 0 aromatic carbocycles. The van der Waals surface area contributed by atoms with Crippen LogP contribution in [0.1, 0.15) is 32.6 Å². The van der Waals surface area contributed by atoms with Gasteiger partial charge in [-0.3, -0.25) is 19.3 Å². The Kier molecular flexibility index (Phi) is 13.3. The summed E-state index contributed by atoms with van der Waals surface area (Å²) in [5.41, 5.74) is 7.67. The third-order valence-electron chi connectivity index (χ3n) is 5.72. The summed E-state index contributed by atoms with van der Waals surface area (Å²) in [6, 6.07) is 0. The van der Waals surface area contributed by atoms with E-state index >= 15 is 0 Å². The summed E-state index contributed by atoms with van der Waals surface area (Å²) in [6.45, 7) is 3.32. The van der Waals surface area contributed by atoms with Crippen LogP contribution in [-0.2, 0) is 28.6 Å². The number of aliphatic hydroxyl groups is 3. The summed E-state index contributed by atoms with van der Waals surface area (Å²) in [7, 11) is 0. The molecule has 14 heteroatoms. The molecule has 2 aliphatic heterocycles. The van der Waals surface area contributed by atoms with Gasteiger partial charge in [-0.1, -0.05) is 13.3 Å². The van der Waals surface area contributed by atoms with Gasteiger partial charge in [0.2, 0.25) is 5.91 Å². The van der Waals surface area contributed by atoms with Gasteiger partial charge in [-0.2, -0.15) is 5.11 Å². The largest absolute Gasteiger partial charge is 0.388 e. The van der Waals surface area contributed by atoms with Gasteiger partial charge in [-0.25, -0.2) is 5.53 Å². The Balaban J connectivity index is 1.54. The lowest BCUT2D eigenvalue weighted by Crippen LogP contribution is -2.58. The van der Waals surface area contributed by atoms with Gasteiger partial charge < -0.3 is 40.2 Å². The first kappa shape index (κ1) is 30.5. The second kappa shape index (κ2) is 16.2. The normalized spacial score (nSPS) is 26.0. The van der Waals surface area contributed by atoms with Crippen LogP contribution in [0.3, 0.4) is 0 Å². The number of hydrogen-bond donors (Lipinski definition) is 6. The third kappa shape index (κ3) is 9.91. The fourth-order valence-corrected chi connectivity index (χ4v) is 3.66. The molecule has 3 amide bonds. The van der Waals surface area contributed by atoms with Crippen molar-refractivity contribution in [1.82, 2.24) is 15.5 Å². The van der Waals surface area contributed by atoms with Gasteiger partial charge in [0.1, 0.15) is 18.3 Å². The second-order valence-electron chi connectivity index (χ2n) is 8.50. The van der Waals surface area contributed by atoms with Crippen molar-refractivity contribution >= 4 is 17.7 Å². The van der Waals surface area contributed by atoms with Crippen molar-refractivity contribution in [1.29, 1.82) is 5.53 Å². The van der Waals surface area contributed by atoms with Crippen LogP contribution in [0.25, 0.3) is 0 Å². The Morgan fingerprint density at radius 3 is 2.49 bits per heavy atom. The Morgan fingerprint density at radius 1 is 1.11 bits per heavy atom. The van der Waals surface area contributed by atoms with Gasteiger partial charge in [0.25, 0.3) is 11.8 Å². The second-order valence-corrected chi connectivity index (χ2v) is 8.50. The SMILES string of the molecule is CCC[C@H]1OC(OCC/C(=C/NCCOCCNC(=O)CCN2C(=O)C=CC2=O)N=N)[C@@H](O)[C@@H](O)[C@@H]1O. The van der Waals surface area contributed by atoms with E-state index < -0.39 is 42.5 Å². The van der Waals surface area contributed by atoms with Crippen LogP contribution in [-0.4, -0.2) is 108 Å². The van der Waals surface area contributed by atoms with Crippen LogP contribution in [0.4, 0.5) is 0 Å². The van der Waals surface area contributed by atoms with E-state index in [1.165, 1.54) is 18.4 Å². The van der Waals surface area contributed by atoms with Crippen molar-refractivity contribution < 1.29 is 43.9 Å². The average molecular weight is 528 g/mol. The van der Waals surface area contributed by atoms with E-state index in [9.17, 15) is 29.7 Å². The van der Waals surface area contributed by atoms with Crippen molar-refractivity contribution in [2.75, 3.05) is 39.5 Å². The Hall–Kier alpha value is -2.75. The lowest BCUT2D eigenvalue weighted by atomic mass is 9.96. The summed E-state index contributed by atoms with van der Waals surface area (Å²) >= 11 is 0. The predicted molar refractivity (Wildman–Crippen MR) is 128 cm³/mol. The van der Waals surface area contributed by atoms with Gasteiger partial charge in [0, 0.05) is 50.8 Å². The quantitative estimate of drug-likeness (QED) is 0.0766. The molecule has 0 saturated carbocycles. The standard InChI is InChI=1S/C23H37N5O9/c1-2-3-16-20(32)21(33)22(34)23(37-16)36-11-7-15(27-24)14-25-8-12-35-13-9-26-17(29)6-10-28-18(30)4-5-19(28)31/h4-5,14,16,20-25,32-34H,2-3,6-13H2,1H3,(H,26,29)/b15-14-,27-24?/t16-,20-,21+,22+,23?/m1/s1. The summed E-state index contributed by atoms with van der Waals surface area (Å²) in [5, 5.41) is 39.1. The molecule has 37 heavy (non-hydrogen) atoms. The fourth-order valence-electron chi connectivity index (χ4n) is 3.66. The smallest absolute Gasteiger partial charge is 0.253 e. The van der Waals surface area contributed by atoms with Crippen LogP contribution < -0.4 is 10.6 Å². The molecule has 208 valence electrons. The molecule has 0 bridgehead atoms. The maximum atomic E-state index is 11.8. The van der Waals surface area contributed by atoms with Crippen molar-refractivity contribution in [3.63, 3.8) is 0 Å². The lowest BCUT2D eigenvalue weighted by Gasteiger charge is -2.40. The minimum absolute atomic E-state index is 0.0162. The lowest BCUT2D eigenvalue weighted by molar-refractivity contribution is -0.297. The number of aliphatic hydroxyl groups excluding tert-OH is 3. The van der Waals surface area contributed by atoms with Crippen LogP contribution in [0.5, 0.6) is 0 Å². The summed E-state index contributed by atoms with van der Waals surface area (Å²) in [6.07, 6.45) is -0.289. The van der Waals surface area contributed by atoms with Crippen molar-refractivity contribution in [3.05, 3.63) is 24.0 Å². The van der Waals surface area contributed by atoms with Crippen LogP contribution >= 0.6 is 0 Å². The highest BCUT2D eigenvalue weighted by Gasteiger charge is 2.43. The van der Waals surface area contributed by atoms with Crippen molar-refractivity contribution in [2.24, 2.45) is 5.11 Å². The molecule has 0 aliphatic carbocycles. The first-order chi connectivity index (χ1) is 17.8. The van der Waals surface area contributed by atoms with E-state index in [0.29, 0.717) is 25.3 Å². The van der Waals surface area contributed by atoms with Gasteiger partial charge in [-0.05, 0) is 6.42 Å². The average Bonchev–Trinajstić information content (AvgIpc) is 3.21. The molecular weight excluding hydrogens is 490 g/mol. The molecular formula is C23H37N5O9. The van der Waals surface area contributed by atoms with E-state index in [0.717, 1.165) is 11.3 Å². The molecule has 1 fully saturated rings. The molecule has 1 unspecified atom stereocenters. The van der Waals surface area contributed by atoms with Crippen LogP contribution in [0.2, 0.25) is 0 Å². The number of nitrogens with zero attached hydrogens (tertiary/aromatic N) is 2. The number of amides is 3. The van der Waals surface area contributed by atoms with E-state index in [1.54, 1.807) is 0 Å². The Bertz CT molecular complexity index is 819. The minimum atomic E-state index is -1.39. The van der Waals surface area contributed by atoms with Crippen LogP contribution in [0, 0.1) is 5.53 Å². The maximum Gasteiger partial charge on any atom is 0.253 e. The van der Waals surface area contributed by atoms with Crippen molar-refractivity contribution in [2.45, 2.75) is 63.3 Å². The van der Waals surface area contributed by atoms with Gasteiger partial charge in [-0.15, -0.1) is 0 Å². The summed E-state index contributed by atoms with van der Waals surface area (Å²) in [5.74, 6) is -1.14. The zero-order chi connectivity index (χ0) is 27.2. The molecule has 2 aliphatic rings. The Morgan fingerprint density at radius 2 is 1.81 bits per heavy atom. The number of carbonyl (C=O) groups excluding carboxylic acids is 3. The minimum Gasteiger partial charge on any atom is -0.388 e. The third-order valence-corrected chi connectivity index (χ3v) is 5.72. The summed E-state index contributed by atoms with van der Waals surface area (Å²) < 4.78 is 16.5. The highest BCUT2D eigenvalue weighted by molar-refractivity contribution is 6.13. The van der Waals surface area contributed by atoms with E-state index in [-0.39, 0.29) is 45.1 Å². The van der Waals surface area contributed by atoms with Crippen LogP contribution in [0.15, 0.2) is 29.2 Å². The number of nitrogens with one attached hydrogen (secondary N) is 3. The van der Waals surface area contributed by atoms with E-state index in [2.05, 4.69) is 15.7 Å².